The van der Waals surface area contributed by atoms with Gasteiger partial charge in [-0.25, -0.2) is 4.39 Å². The summed E-state index contributed by atoms with van der Waals surface area (Å²) in [6, 6.07) is 10.9. The zero-order valence-corrected chi connectivity index (χ0v) is 13.0. The zero-order valence-electron chi connectivity index (χ0n) is 13.0. The average Bonchev–Trinajstić information content (AvgIpc) is 3.37. The number of halogens is 1. The van der Waals surface area contributed by atoms with Crippen LogP contribution in [0.2, 0.25) is 0 Å². The van der Waals surface area contributed by atoms with Crippen molar-refractivity contribution in [3.8, 4) is 5.75 Å². The summed E-state index contributed by atoms with van der Waals surface area (Å²) >= 11 is 0. The van der Waals surface area contributed by atoms with Gasteiger partial charge in [-0.1, -0.05) is 25.5 Å². The maximum atomic E-state index is 13.5. The number of aromatic nitrogens is 1. The second kappa shape index (κ2) is 6.91. The number of hydrogen-bond donors (Lipinski definition) is 0. The molecule has 0 spiro atoms. The Hall–Kier alpha value is -1.90. The number of benzene rings is 1. The van der Waals surface area contributed by atoms with Crippen LogP contribution in [0.25, 0.3) is 0 Å². The van der Waals surface area contributed by atoms with E-state index in [9.17, 15) is 4.39 Å². The van der Waals surface area contributed by atoms with E-state index >= 15 is 0 Å². The molecule has 1 aromatic heterocycles. The molecule has 116 valence electrons. The van der Waals surface area contributed by atoms with E-state index in [1.807, 2.05) is 30.5 Å². The SMILES string of the molecule is CCC[C@@H](COc1cc(F)ccc1C1CC1)c1ccccn1. The van der Waals surface area contributed by atoms with Gasteiger partial charge in [0.05, 0.1) is 6.61 Å². The van der Waals surface area contributed by atoms with Crippen molar-refractivity contribution in [2.24, 2.45) is 0 Å². The monoisotopic (exact) mass is 299 g/mol. The van der Waals surface area contributed by atoms with Gasteiger partial charge in [0.15, 0.2) is 0 Å². The summed E-state index contributed by atoms with van der Waals surface area (Å²) in [7, 11) is 0. The van der Waals surface area contributed by atoms with Gasteiger partial charge < -0.3 is 4.74 Å². The molecule has 1 atom stereocenters. The molecular weight excluding hydrogens is 277 g/mol. The maximum absolute atomic E-state index is 13.5. The third kappa shape index (κ3) is 3.65. The number of ether oxygens (including phenoxy) is 1. The van der Waals surface area contributed by atoms with Crippen LogP contribution in [0.4, 0.5) is 4.39 Å². The predicted octanol–water partition coefficient (Wildman–Crippen LogP) is 5.06. The molecule has 2 aromatic rings. The van der Waals surface area contributed by atoms with Gasteiger partial charge >= 0.3 is 0 Å². The van der Waals surface area contributed by atoms with Crippen molar-refractivity contribution in [2.75, 3.05) is 6.61 Å². The Labute approximate surface area is 131 Å². The first-order valence-corrected chi connectivity index (χ1v) is 8.11. The quantitative estimate of drug-likeness (QED) is 0.713. The molecule has 3 rings (SSSR count). The van der Waals surface area contributed by atoms with Crippen LogP contribution in [-0.4, -0.2) is 11.6 Å². The second-order valence-corrected chi connectivity index (χ2v) is 6.01. The Morgan fingerprint density at radius 2 is 2.14 bits per heavy atom. The molecule has 0 bridgehead atoms. The van der Waals surface area contributed by atoms with Crippen LogP contribution in [0.15, 0.2) is 42.6 Å². The van der Waals surface area contributed by atoms with Gasteiger partial charge in [-0.3, -0.25) is 4.98 Å². The molecule has 22 heavy (non-hydrogen) atoms. The Morgan fingerprint density at radius 3 is 2.82 bits per heavy atom. The van der Waals surface area contributed by atoms with Crippen molar-refractivity contribution in [1.29, 1.82) is 0 Å². The molecular formula is C19H22FNO. The number of hydrogen-bond acceptors (Lipinski definition) is 2. The number of pyridine rings is 1. The second-order valence-electron chi connectivity index (χ2n) is 6.01. The van der Waals surface area contributed by atoms with E-state index in [2.05, 4.69) is 11.9 Å². The highest BCUT2D eigenvalue weighted by molar-refractivity contribution is 5.39. The van der Waals surface area contributed by atoms with Gasteiger partial charge in [-0.2, -0.15) is 0 Å². The summed E-state index contributed by atoms with van der Waals surface area (Å²) in [4.78, 5) is 4.44. The van der Waals surface area contributed by atoms with E-state index in [1.54, 1.807) is 0 Å². The van der Waals surface area contributed by atoms with Gasteiger partial charge in [-0.15, -0.1) is 0 Å². The Morgan fingerprint density at radius 1 is 1.27 bits per heavy atom. The number of nitrogens with zero attached hydrogens (tertiary/aromatic N) is 1. The molecule has 1 aromatic carbocycles. The lowest BCUT2D eigenvalue weighted by atomic mass is 10.00. The summed E-state index contributed by atoms with van der Waals surface area (Å²) in [6.45, 7) is 2.71. The minimum absolute atomic E-state index is 0.232. The van der Waals surface area contributed by atoms with Crippen molar-refractivity contribution in [1.82, 2.24) is 4.98 Å². The zero-order chi connectivity index (χ0) is 15.4. The van der Waals surface area contributed by atoms with Crippen molar-refractivity contribution in [3.05, 3.63) is 59.7 Å². The van der Waals surface area contributed by atoms with Crippen LogP contribution in [0.3, 0.4) is 0 Å². The predicted molar refractivity (Wildman–Crippen MR) is 85.8 cm³/mol. The first-order chi connectivity index (χ1) is 10.8. The summed E-state index contributed by atoms with van der Waals surface area (Å²) in [5.74, 6) is 1.28. The standard InChI is InChI=1S/C19H22FNO/c1-2-5-15(18-6-3-4-11-21-18)13-22-19-12-16(20)9-10-17(19)14-7-8-14/h3-4,6,9-12,14-15H,2,5,7-8,13H2,1H3/t15-/m0/s1. The van der Waals surface area contributed by atoms with Gasteiger partial charge in [0.2, 0.25) is 0 Å². The van der Waals surface area contributed by atoms with E-state index in [0.29, 0.717) is 18.3 Å². The molecule has 3 heteroatoms. The molecule has 1 fully saturated rings. The molecule has 0 amide bonds. The minimum Gasteiger partial charge on any atom is -0.492 e. The van der Waals surface area contributed by atoms with Crippen LogP contribution in [0.1, 0.15) is 55.7 Å². The highest BCUT2D eigenvalue weighted by Gasteiger charge is 2.27. The Balaban J connectivity index is 1.73. The van der Waals surface area contributed by atoms with Crippen molar-refractivity contribution >= 4 is 0 Å². The van der Waals surface area contributed by atoms with Crippen LogP contribution in [0, 0.1) is 5.82 Å². The highest BCUT2D eigenvalue weighted by Crippen LogP contribution is 2.44. The minimum atomic E-state index is -0.232. The molecule has 2 nitrogen and oxygen atoms in total. The van der Waals surface area contributed by atoms with E-state index in [0.717, 1.165) is 24.1 Å². The average molecular weight is 299 g/mol. The summed E-state index contributed by atoms with van der Waals surface area (Å²) < 4.78 is 19.5. The topological polar surface area (TPSA) is 22.1 Å². The first-order valence-electron chi connectivity index (χ1n) is 8.11. The Kier molecular flexibility index (Phi) is 4.71. The molecule has 1 aliphatic carbocycles. The van der Waals surface area contributed by atoms with E-state index in [1.165, 1.54) is 25.0 Å². The van der Waals surface area contributed by atoms with Gasteiger partial charge in [0.1, 0.15) is 11.6 Å². The fraction of sp³-hybridized carbons (Fsp3) is 0.421. The number of rotatable bonds is 7. The van der Waals surface area contributed by atoms with Crippen LogP contribution in [-0.2, 0) is 0 Å². The van der Waals surface area contributed by atoms with Crippen molar-refractivity contribution in [3.63, 3.8) is 0 Å². The van der Waals surface area contributed by atoms with Crippen molar-refractivity contribution < 1.29 is 9.13 Å². The largest absolute Gasteiger partial charge is 0.492 e. The Bertz CT molecular complexity index is 610. The van der Waals surface area contributed by atoms with Crippen LogP contribution >= 0.6 is 0 Å². The summed E-state index contributed by atoms with van der Waals surface area (Å²) in [6.07, 6.45) is 6.27. The fourth-order valence-electron chi connectivity index (χ4n) is 2.84. The maximum Gasteiger partial charge on any atom is 0.126 e. The van der Waals surface area contributed by atoms with E-state index in [4.69, 9.17) is 4.74 Å². The summed E-state index contributed by atoms with van der Waals surface area (Å²) in [5, 5.41) is 0. The van der Waals surface area contributed by atoms with E-state index in [-0.39, 0.29) is 11.7 Å². The summed E-state index contributed by atoms with van der Waals surface area (Å²) in [5.41, 5.74) is 2.20. The molecule has 0 N–H and O–H groups in total. The molecule has 1 saturated carbocycles. The van der Waals surface area contributed by atoms with Crippen LogP contribution in [0.5, 0.6) is 5.75 Å². The normalized spacial score (nSPS) is 15.5. The lowest BCUT2D eigenvalue weighted by molar-refractivity contribution is 0.274. The molecule has 0 saturated heterocycles. The molecule has 0 unspecified atom stereocenters. The smallest absolute Gasteiger partial charge is 0.126 e. The van der Waals surface area contributed by atoms with Gasteiger partial charge in [-0.05, 0) is 48.9 Å². The fourth-order valence-corrected chi connectivity index (χ4v) is 2.84. The van der Waals surface area contributed by atoms with Crippen LogP contribution < -0.4 is 4.74 Å². The van der Waals surface area contributed by atoms with Gasteiger partial charge in [0, 0.05) is 23.9 Å². The highest BCUT2D eigenvalue weighted by atomic mass is 19.1. The third-order valence-electron chi connectivity index (χ3n) is 4.18. The third-order valence-corrected chi connectivity index (χ3v) is 4.18. The molecule has 1 aliphatic rings. The first kappa shape index (κ1) is 15.0. The van der Waals surface area contributed by atoms with E-state index < -0.39 is 0 Å². The lowest BCUT2D eigenvalue weighted by Crippen LogP contribution is -2.12. The molecule has 0 aliphatic heterocycles. The van der Waals surface area contributed by atoms with Crippen molar-refractivity contribution in [2.45, 2.75) is 44.4 Å². The molecule has 0 radical (unpaired) electrons. The molecule has 1 heterocycles. The van der Waals surface area contributed by atoms with Gasteiger partial charge in [0.25, 0.3) is 0 Å². The lowest BCUT2D eigenvalue weighted by Gasteiger charge is -2.18.